The van der Waals surface area contributed by atoms with E-state index in [4.69, 9.17) is 0 Å². The molecule has 2 atom stereocenters. The normalized spacial score (nSPS) is 24.1. The molecule has 0 radical (unpaired) electrons. The van der Waals surface area contributed by atoms with E-state index in [2.05, 4.69) is 6.92 Å². The molecule has 0 bridgehead atoms. The van der Waals surface area contributed by atoms with Crippen LogP contribution in [0, 0.1) is 11.8 Å². The van der Waals surface area contributed by atoms with Crippen LogP contribution < -0.4 is 0 Å². The molecular formula is C17H32O2. The van der Waals surface area contributed by atoms with E-state index in [-0.39, 0.29) is 5.92 Å². The van der Waals surface area contributed by atoms with Crippen LogP contribution in [0.2, 0.25) is 0 Å². The summed E-state index contributed by atoms with van der Waals surface area (Å²) in [6, 6.07) is 0. The van der Waals surface area contributed by atoms with Gasteiger partial charge in [0.15, 0.2) is 0 Å². The first-order chi connectivity index (χ1) is 9.25. The van der Waals surface area contributed by atoms with E-state index < -0.39 is 5.97 Å². The first-order valence-corrected chi connectivity index (χ1v) is 8.48. The fourth-order valence-corrected chi connectivity index (χ4v) is 3.42. The fourth-order valence-electron chi connectivity index (χ4n) is 3.42. The zero-order valence-corrected chi connectivity index (χ0v) is 12.7. The summed E-state index contributed by atoms with van der Waals surface area (Å²) in [7, 11) is 0. The van der Waals surface area contributed by atoms with Crippen LogP contribution in [-0.2, 0) is 4.79 Å². The van der Waals surface area contributed by atoms with Gasteiger partial charge in [0.2, 0.25) is 0 Å². The lowest BCUT2D eigenvalue weighted by molar-refractivity contribution is -0.144. The number of hydrogen-bond donors (Lipinski definition) is 1. The highest BCUT2D eigenvalue weighted by Crippen LogP contribution is 2.32. The molecule has 0 heterocycles. The Morgan fingerprint density at radius 2 is 1.58 bits per heavy atom. The summed E-state index contributed by atoms with van der Waals surface area (Å²) in [5.74, 6) is -0.145. The average molecular weight is 268 g/mol. The number of carboxylic acid groups (broad SMARTS) is 1. The molecule has 0 aromatic heterocycles. The molecule has 0 amide bonds. The summed E-state index contributed by atoms with van der Waals surface area (Å²) in [6.07, 6.45) is 16.1. The minimum Gasteiger partial charge on any atom is -0.481 e. The van der Waals surface area contributed by atoms with Gasteiger partial charge >= 0.3 is 5.97 Å². The van der Waals surface area contributed by atoms with Gasteiger partial charge in [-0.05, 0) is 25.2 Å². The fraction of sp³-hybridized carbons (Fsp3) is 0.941. The summed E-state index contributed by atoms with van der Waals surface area (Å²) in [5, 5.41) is 9.33. The number of rotatable bonds is 9. The molecule has 0 aliphatic heterocycles. The maximum atomic E-state index is 11.3. The summed E-state index contributed by atoms with van der Waals surface area (Å²) in [6.45, 7) is 2.25. The zero-order chi connectivity index (χ0) is 13.9. The minimum absolute atomic E-state index is 0.0532. The smallest absolute Gasteiger partial charge is 0.306 e. The van der Waals surface area contributed by atoms with Crippen LogP contribution in [-0.4, -0.2) is 11.1 Å². The Labute approximate surface area is 119 Å². The van der Waals surface area contributed by atoms with Gasteiger partial charge in [0.25, 0.3) is 0 Å². The molecule has 0 saturated heterocycles. The van der Waals surface area contributed by atoms with Gasteiger partial charge in [-0.25, -0.2) is 0 Å². The molecule has 1 saturated carbocycles. The Kier molecular flexibility index (Phi) is 8.94. The van der Waals surface area contributed by atoms with Crippen molar-refractivity contribution < 1.29 is 9.90 Å². The van der Waals surface area contributed by atoms with Crippen molar-refractivity contribution in [3.63, 3.8) is 0 Å². The molecule has 1 aliphatic rings. The zero-order valence-electron chi connectivity index (χ0n) is 12.7. The van der Waals surface area contributed by atoms with E-state index in [0.717, 1.165) is 25.7 Å². The molecular weight excluding hydrogens is 236 g/mol. The largest absolute Gasteiger partial charge is 0.481 e. The molecule has 0 aromatic rings. The van der Waals surface area contributed by atoms with Gasteiger partial charge < -0.3 is 5.11 Å². The van der Waals surface area contributed by atoms with Crippen LogP contribution in [0.25, 0.3) is 0 Å². The molecule has 19 heavy (non-hydrogen) atoms. The Morgan fingerprint density at radius 1 is 0.947 bits per heavy atom. The molecule has 0 spiro atoms. The second kappa shape index (κ2) is 10.3. The van der Waals surface area contributed by atoms with E-state index >= 15 is 0 Å². The van der Waals surface area contributed by atoms with Gasteiger partial charge in [0, 0.05) is 0 Å². The van der Waals surface area contributed by atoms with Crippen molar-refractivity contribution >= 4 is 5.97 Å². The van der Waals surface area contributed by atoms with Gasteiger partial charge in [0.05, 0.1) is 5.92 Å². The van der Waals surface area contributed by atoms with Crippen molar-refractivity contribution in [3.8, 4) is 0 Å². The summed E-state index contributed by atoms with van der Waals surface area (Å²) >= 11 is 0. The highest BCUT2D eigenvalue weighted by atomic mass is 16.4. The molecule has 1 rings (SSSR count). The van der Waals surface area contributed by atoms with E-state index in [0.29, 0.717) is 5.92 Å². The van der Waals surface area contributed by atoms with Gasteiger partial charge in [-0.3, -0.25) is 4.79 Å². The molecule has 1 N–H and O–H groups in total. The predicted octanol–water partition coefficient (Wildman–Crippen LogP) is 5.41. The number of carboxylic acids is 1. The number of carbonyl (C=O) groups is 1. The maximum absolute atomic E-state index is 11.3. The molecule has 2 nitrogen and oxygen atoms in total. The van der Waals surface area contributed by atoms with Crippen molar-refractivity contribution in [1.82, 2.24) is 0 Å². The van der Waals surface area contributed by atoms with E-state index in [9.17, 15) is 9.90 Å². The Balaban J connectivity index is 2.16. The Bertz CT molecular complexity index is 237. The topological polar surface area (TPSA) is 37.3 Å². The summed E-state index contributed by atoms with van der Waals surface area (Å²) < 4.78 is 0. The molecule has 112 valence electrons. The third kappa shape index (κ3) is 6.98. The van der Waals surface area contributed by atoms with Gasteiger partial charge in [-0.15, -0.1) is 0 Å². The average Bonchev–Trinajstić information content (AvgIpc) is 2.63. The molecule has 1 fully saturated rings. The van der Waals surface area contributed by atoms with Crippen LogP contribution in [0.15, 0.2) is 0 Å². The highest BCUT2D eigenvalue weighted by Gasteiger charge is 2.28. The lowest BCUT2D eigenvalue weighted by atomic mass is 9.84. The van der Waals surface area contributed by atoms with Crippen molar-refractivity contribution in [2.24, 2.45) is 11.8 Å². The van der Waals surface area contributed by atoms with Gasteiger partial charge in [-0.1, -0.05) is 71.1 Å². The maximum Gasteiger partial charge on any atom is 0.306 e. The van der Waals surface area contributed by atoms with Crippen molar-refractivity contribution in [3.05, 3.63) is 0 Å². The lowest BCUT2D eigenvalue weighted by Gasteiger charge is -2.21. The Hall–Kier alpha value is -0.530. The lowest BCUT2D eigenvalue weighted by Crippen LogP contribution is -2.22. The van der Waals surface area contributed by atoms with Crippen LogP contribution >= 0.6 is 0 Å². The molecule has 2 unspecified atom stereocenters. The molecule has 2 heteroatoms. The number of unbranched alkanes of at least 4 members (excludes halogenated alkanes) is 6. The summed E-state index contributed by atoms with van der Waals surface area (Å²) in [4.78, 5) is 11.3. The van der Waals surface area contributed by atoms with E-state index in [1.165, 1.54) is 57.8 Å². The Morgan fingerprint density at radius 3 is 2.26 bits per heavy atom. The van der Waals surface area contributed by atoms with Crippen LogP contribution in [0.3, 0.4) is 0 Å². The van der Waals surface area contributed by atoms with Crippen LogP contribution in [0.4, 0.5) is 0 Å². The minimum atomic E-state index is -0.546. The number of hydrogen-bond acceptors (Lipinski definition) is 1. The van der Waals surface area contributed by atoms with Crippen molar-refractivity contribution in [2.45, 2.75) is 90.4 Å². The van der Waals surface area contributed by atoms with E-state index in [1.807, 2.05) is 0 Å². The van der Waals surface area contributed by atoms with Crippen molar-refractivity contribution in [2.75, 3.05) is 0 Å². The third-order valence-electron chi connectivity index (χ3n) is 4.65. The predicted molar refractivity (Wildman–Crippen MR) is 80.3 cm³/mol. The first-order valence-electron chi connectivity index (χ1n) is 8.48. The van der Waals surface area contributed by atoms with E-state index in [1.54, 1.807) is 0 Å². The monoisotopic (exact) mass is 268 g/mol. The quantitative estimate of drug-likeness (QED) is 0.448. The van der Waals surface area contributed by atoms with Crippen molar-refractivity contribution in [1.29, 1.82) is 0 Å². The highest BCUT2D eigenvalue weighted by molar-refractivity contribution is 5.70. The number of aliphatic carboxylic acids is 1. The van der Waals surface area contributed by atoms with Crippen LogP contribution in [0.5, 0.6) is 0 Å². The van der Waals surface area contributed by atoms with Gasteiger partial charge in [-0.2, -0.15) is 0 Å². The first kappa shape index (κ1) is 16.5. The third-order valence-corrected chi connectivity index (χ3v) is 4.65. The van der Waals surface area contributed by atoms with Gasteiger partial charge in [0.1, 0.15) is 0 Å². The standard InChI is InChI=1S/C17H32O2/c1-2-3-4-5-6-7-9-12-15-13-10-8-11-14-16(15)17(18)19/h15-16H,2-14H2,1H3,(H,18,19). The second-order valence-electron chi connectivity index (χ2n) is 6.25. The second-order valence-corrected chi connectivity index (χ2v) is 6.25. The molecule has 1 aliphatic carbocycles. The molecule has 0 aromatic carbocycles. The SMILES string of the molecule is CCCCCCCCCC1CCCCCC1C(=O)O. The van der Waals surface area contributed by atoms with Crippen LogP contribution in [0.1, 0.15) is 90.4 Å². The summed E-state index contributed by atoms with van der Waals surface area (Å²) in [5.41, 5.74) is 0.